The van der Waals surface area contributed by atoms with E-state index in [1.54, 1.807) is 50.1 Å². The van der Waals surface area contributed by atoms with Gasteiger partial charge in [0, 0.05) is 31.6 Å². The van der Waals surface area contributed by atoms with Gasteiger partial charge < -0.3 is 15.3 Å². The molecule has 6 heteroatoms. The summed E-state index contributed by atoms with van der Waals surface area (Å²) in [6.07, 6.45) is 0.880. The minimum Gasteiger partial charge on any atom is -0.481 e. The maximum atomic E-state index is 12.2. The van der Waals surface area contributed by atoms with Crippen LogP contribution in [0.15, 0.2) is 24.3 Å². The van der Waals surface area contributed by atoms with Gasteiger partial charge in [0.25, 0.3) is 0 Å². The first-order chi connectivity index (χ1) is 10.7. The number of nitrogens with one attached hydrogen (secondary N) is 1. The number of carbonyl (C=O) groups excluding carboxylic acids is 2. The van der Waals surface area contributed by atoms with Crippen molar-refractivity contribution in [3.05, 3.63) is 29.8 Å². The molecule has 6 nitrogen and oxygen atoms in total. The van der Waals surface area contributed by atoms with Gasteiger partial charge in [-0.1, -0.05) is 12.1 Å². The monoisotopic (exact) mass is 318 g/mol. The van der Waals surface area contributed by atoms with E-state index < -0.39 is 11.4 Å². The van der Waals surface area contributed by atoms with Gasteiger partial charge >= 0.3 is 5.97 Å². The summed E-state index contributed by atoms with van der Waals surface area (Å²) in [5, 5.41) is 12.0. The van der Waals surface area contributed by atoms with E-state index in [1.165, 1.54) is 0 Å². The highest BCUT2D eigenvalue weighted by atomic mass is 16.4. The van der Waals surface area contributed by atoms with Crippen LogP contribution in [0.3, 0.4) is 0 Å². The smallest absolute Gasteiger partial charge is 0.313 e. The lowest BCUT2D eigenvalue weighted by molar-refractivity contribution is -0.142. The van der Waals surface area contributed by atoms with E-state index in [4.69, 9.17) is 0 Å². The van der Waals surface area contributed by atoms with E-state index in [0.29, 0.717) is 24.2 Å². The van der Waals surface area contributed by atoms with Crippen molar-refractivity contribution < 1.29 is 19.5 Å². The number of anilines is 1. The summed E-state index contributed by atoms with van der Waals surface area (Å²) in [5.41, 5.74) is 0.284. The van der Waals surface area contributed by atoms with Crippen LogP contribution in [0, 0.1) is 5.92 Å². The highest BCUT2D eigenvalue weighted by Crippen LogP contribution is 2.25. The number of carboxylic acids is 1. The van der Waals surface area contributed by atoms with Crippen LogP contribution in [0.4, 0.5) is 5.69 Å². The second kappa shape index (κ2) is 6.40. The number of aliphatic carboxylic acids is 1. The molecule has 1 aromatic rings. The van der Waals surface area contributed by atoms with Crippen LogP contribution in [0.5, 0.6) is 0 Å². The fourth-order valence-corrected chi connectivity index (χ4v) is 2.50. The Balaban J connectivity index is 2.02. The molecule has 1 aliphatic heterocycles. The number of benzene rings is 1. The molecule has 0 unspecified atom stereocenters. The number of rotatable bonds is 4. The Morgan fingerprint density at radius 3 is 2.39 bits per heavy atom. The molecule has 23 heavy (non-hydrogen) atoms. The molecule has 0 radical (unpaired) electrons. The Bertz CT molecular complexity index is 622. The Morgan fingerprint density at radius 2 is 1.87 bits per heavy atom. The SMILES string of the molecule is CN1CC[C@H](C(=O)Nc2ccc(C(C)(C)C(=O)O)cc2)CC1=O. The van der Waals surface area contributed by atoms with Gasteiger partial charge in [-0.15, -0.1) is 0 Å². The zero-order valence-electron chi connectivity index (χ0n) is 13.6. The summed E-state index contributed by atoms with van der Waals surface area (Å²) in [4.78, 5) is 36.8. The van der Waals surface area contributed by atoms with E-state index in [1.807, 2.05) is 0 Å². The van der Waals surface area contributed by atoms with Gasteiger partial charge in [-0.05, 0) is 38.0 Å². The van der Waals surface area contributed by atoms with Crippen LogP contribution in [0.1, 0.15) is 32.3 Å². The largest absolute Gasteiger partial charge is 0.481 e. The van der Waals surface area contributed by atoms with Gasteiger partial charge in [0.05, 0.1) is 5.41 Å². The second-order valence-corrected chi connectivity index (χ2v) is 6.50. The van der Waals surface area contributed by atoms with E-state index in [2.05, 4.69) is 5.32 Å². The highest BCUT2D eigenvalue weighted by molar-refractivity contribution is 5.95. The fraction of sp³-hybridized carbons (Fsp3) is 0.471. The predicted molar refractivity (Wildman–Crippen MR) is 86.1 cm³/mol. The van der Waals surface area contributed by atoms with Gasteiger partial charge in [-0.25, -0.2) is 0 Å². The molecule has 0 spiro atoms. The lowest BCUT2D eigenvalue weighted by Gasteiger charge is -2.28. The normalized spacial score (nSPS) is 18.7. The molecule has 1 saturated heterocycles. The van der Waals surface area contributed by atoms with Crippen molar-refractivity contribution >= 4 is 23.5 Å². The first-order valence-electron chi connectivity index (χ1n) is 7.60. The number of hydrogen-bond acceptors (Lipinski definition) is 3. The lowest BCUT2D eigenvalue weighted by atomic mass is 9.85. The van der Waals surface area contributed by atoms with E-state index in [0.717, 1.165) is 0 Å². The van der Waals surface area contributed by atoms with Crippen molar-refractivity contribution in [1.82, 2.24) is 4.90 Å². The van der Waals surface area contributed by atoms with Crippen molar-refractivity contribution in [3.8, 4) is 0 Å². The molecule has 2 amide bonds. The quantitative estimate of drug-likeness (QED) is 0.887. The molecule has 0 aliphatic carbocycles. The summed E-state index contributed by atoms with van der Waals surface area (Å²) in [6, 6.07) is 6.77. The zero-order valence-corrected chi connectivity index (χ0v) is 13.6. The number of nitrogens with zero attached hydrogens (tertiary/aromatic N) is 1. The summed E-state index contributed by atoms with van der Waals surface area (Å²) < 4.78 is 0. The molecular weight excluding hydrogens is 296 g/mol. The van der Waals surface area contributed by atoms with Crippen molar-refractivity contribution in [2.24, 2.45) is 5.92 Å². The number of carboxylic acid groups (broad SMARTS) is 1. The van der Waals surface area contributed by atoms with Crippen LogP contribution in [-0.4, -0.2) is 41.4 Å². The Labute approximate surface area is 135 Å². The van der Waals surface area contributed by atoms with E-state index >= 15 is 0 Å². The van der Waals surface area contributed by atoms with Gasteiger partial charge in [-0.2, -0.15) is 0 Å². The molecule has 2 N–H and O–H groups in total. The Hall–Kier alpha value is -2.37. The number of likely N-dealkylation sites (tertiary alicyclic amines) is 1. The fourth-order valence-electron chi connectivity index (χ4n) is 2.50. The lowest BCUT2D eigenvalue weighted by Crippen LogP contribution is -2.39. The van der Waals surface area contributed by atoms with Crippen LogP contribution in [0.25, 0.3) is 0 Å². The molecule has 1 atom stereocenters. The van der Waals surface area contributed by atoms with Crippen LogP contribution in [-0.2, 0) is 19.8 Å². The number of amides is 2. The number of piperidine rings is 1. The molecule has 0 saturated carbocycles. The van der Waals surface area contributed by atoms with Gasteiger partial charge in [0.2, 0.25) is 11.8 Å². The molecule has 1 heterocycles. The molecule has 0 aromatic heterocycles. The highest BCUT2D eigenvalue weighted by Gasteiger charge is 2.30. The first kappa shape index (κ1) is 17.0. The second-order valence-electron chi connectivity index (χ2n) is 6.50. The van der Waals surface area contributed by atoms with E-state index in [-0.39, 0.29) is 24.2 Å². The predicted octanol–water partition coefficient (Wildman–Crippen LogP) is 1.86. The zero-order chi connectivity index (χ0) is 17.2. The third-order valence-electron chi connectivity index (χ3n) is 4.44. The van der Waals surface area contributed by atoms with Crippen LogP contribution < -0.4 is 5.32 Å². The Morgan fingerprint density at radius 1 is 1.26 bits per heavy atom. The molecule has 124 valence electrons. The van der Waals surface area contributed by atoms with Gasteiger partial charge in [0.1, 0.15) is 0 Å². The van der Waals surface area contributed by atoms with Crippen molar-refractivity contribution in [1.29, 1.82) is 0 Å². The molecule has 2 rings (SSSR count). The molecule has 0 bridgehead atoms. The van der Waals surface area contributed by atoms with Crippen molar-refractivity contribution in [3.63, 3.8) is 0 Å². The first-order valence-corrected chi connectivity index (χ1v) is 7.60. The average molecular weight is 318 g/mol. The maximum absolute atomic E-state index is 12.2. The summed E-state index contributed by atoms with van der Waals surface area (Å²) in [6.45, 7) is 3.85. The molecule has 1 aliphatic rings. The van der Waals surface area contributed by atoms with Crippen LogP contribution in [0.2, 0.25) is 0 Å². The van der Waals surface area contributed by atoms with Gasteiger partial charge in [0.15, 0.2) is 0 Å². The summed E-state index contributed by atoms with van der Waals surface area (Å²) in [7, 11) is 1.74. The average Bonchev–Trinajstić information content (AvgIpc) is 2.50. The topological polar surface area (TPSA) is 86.7 Å². The van der Waals surface area contributed by atoms with Crippen molar-refractivity contribution in [2.75, 3.05) is 18.9 Å². The number of hydrogen-bond donors (Lipinski definition) is 2. The van der Waals surface area contributed by atoms with E-state index in [9.17, 15) is 19.5 Å². The maximum Gasteiger partial charge on any atom is 0.313 e. The van der Waals surface area contributed by atoms with Crippen molar-refractivity contribution in [2.45, 2.75) is 32.1 Å². The Kier molecular flexibility index (Phi) is 4.73. The number of carbonyl (C=O) groups is 3. The summed E-state index contributed by atoms with van der Waals surface area (Å²) in [5.74, 6) is -1.40. The molecule has 1 fully saturated rings. The molecular formula is C17H22N2O4. The summed E-state index contributed by atoms with van der Waals surface area (Å²) >= 11 is 0. The minimum atomic E-state index is -0.983. The third-order valence-corrected chi connectivity index (χ3v) is 4.44. The van der Waals surface area contributed by atoms with Gasteiger partial charge in [-0.3, -0.25) is 14.4 Å². The van der Waals surface area contributed by atoms with Crippen LogP contribution >= 0.6 is 0 Å². The molecule has 1 aromatic carbocycles. The minimum absolute atomic E-state index is 0.0186. The standard InChI is InChI=1S/C17H22N2O4/c1-17(2,16(22)23)12-4-6-13(7-5-12)18-15(21)11-8-9-19(3)14(20)10-11/h4-7,11H,8-10H2,1-3H3,(H,18,21)(H,22,23)/t11-/m0/s1. The third kappa shape index (κ3) is 3.70.